The van der Waals surface area contributed by atoms with Gasteiger partial charge < -0.3 is 4.90 Å². The van der Waals surface area contributed by atoms with E-state index in [1.807, 2.05) is 31.2 Å². The Kier molecular flexibility index (Phi) is 5.21. The number of hydrogen-bond acceptors (Lipinski definition) is 5. The third-order valence-electron chi connectivity index (χ3n) is 5.02. The van der Waals surface area contributed by atoms with Crippen LogP contribution in [0.2, 0.25) is 0 Å². The standard InChI is InChI=1S/C20H21F3N6/c1-2-14-12-18(26-19(25-14)16-7-3-4-9-24-16)28-10-5-6-15(13-28)29-11-8-17(27-29)20(21,22)23/h3-4,7-9,11-12,15H,2,5-6,10,13H2,1H3. The molecular formula is C20H21F3N6. The van der Waals surface area contributed by atoms with E-state index in [-0.39, 0.29) is 6.04 Å². The third-order valence-corrected chi connectivity index (χ3v) is 5.02. The van der Waals surface area contributed by atoms with Gasteiger partial charge in [0.1, 0.15) is 11.5 Å². The first-order valence-corrected chi connectivity index (χ1v) is 9.60. The number of nitrogens with zero attached hydrogens (tertiary/aromatic N) is 6. The van der Waals surface area contributed by atoms with Gasteiger partial charge in [-0.05, 0) is 37.5 Å². The molecule has 29 heavy (non-hydrogen) atoms. The summed E-state index contributed by atoms with van der Waals surface area (Å²) in [7, 11) is 0. The van der Waals surface area contributed by atoms with E-state index < -0.39 is 11.9 Å². The Hall–Kier alpha value is -2.97. The van der Waals surface area contributed by atoms with Crippen LogP contribution in [0.3, 0.4) is 0 Å². The Morgan fingerprint density at radius 2 is 2.03 bits per heavy atom. The summed E-state index contributed by atoms with van der Waals surface area (Å²) in [6.07, 6.45) is 1.04. The van der Waals surface area contributed by atoms with Crippen molar-refractivity contribution in [2.24, 2.45) is 0 Å². The van der Waals surface area contributed by atoms with Crippen molar-refractivity contribution < 1.29 is 13.2 Å². The van der Waals surface area contributed by atoms with E-state index in [2.05, 4.69) is 20.0 Å². The summed E-state index contributed by atoms with van der Waals surface area (Å²) in [5, 5.41) is 3.75. The number of halogens is 3. The number of piperidine rings is 1. The van der Waals surface area contributed by atoms with E-state index in [1.54, 1.807) is 6.20 Å². The Labute approximate surface area is 166 Å². The molecule has 1 saturated heterocycles. The summed E-state index contributed by atoms with van der Waals surface area (Å²) >= 11 is 0. The number of alkyl halides is 3. The number of aryl methyl sites for hydroxylation is 1. The first kappa shape index (κ1) is 19.4. The SMILES string of the molecule is CCc1cc(N2CCCC(n3ccc(C(F)(F)F)n3)C2)nc(-c2ccccn2)n1. The van der Waals surface area contributed by atoms with Gasteiger partial charge in [0.25, 0.3) is 0 Å². The number of hydrogen-bond donors (Lipinski definition) is 0. The van der Waals surface area contributed by atoms with E-state index in [4.69, 9.17) is 4.98 Å². The molecule has 0 radical (unpaired) electrons. The van der Waals surface area contributed by atoms with Gasteiger partial charge >= 0.3 is 6.18 Å². The second kappa shape index (κ2) is 7.81. The molecule has 0 bridgehead atoms. The summed E-state index contributed by atoms with van der Waals surface area (Å²) in [6.45, 7) is 3.35. The van der Waals surface area contributed by atoms with Crippen LogP contribution in [0.25, 0.3) is 11.5 Å². The quantitative estimate of drug-likeness (QED) is 0.656. The summed E-state index contributed by atoms with van der Waals surface area (Å²) in [5.41, 5.74) is 0.734. The van der Waals surface area contributed by atoms with Crippen LogP contribution in [0.5, 0.6) is 0 Å². The van der Waals surface area contributed by atoms with Crippen LogP contribution in [-0.2, 0) is 12.6 Å². The smallest absolute Gasteiger partial charge is 0.354 e. The lowest BCUT2D eigenvalue weighted by Gasteiger charge is -2.34. The number of pyridine rings is 1. The van der Waals surface area contributed by atoms with Gasteiger partial charge in [-0.15, -0.1) is 0 Å². The minimum absolute atomic E-state index is 0.141. The molecule has 3 aromatic rings. The van der Waals surface area contributed by atoms with E-state index >= 15 is 0 Å². The normalized spacial score (nSPS) is 17.5. The highest BCUT2D eigenvalue weighted by molar-refractivity contribution is 5.54. The predicted octanol–water partition coefficient (Wildman–Crippen LogP) is 4.16. The first-order chi connectivity index (χ1) is 13.9. The lowest BCUT2D eigenvalue weighted by molar-refractivity contribution is -0.141. The molecule has 1 atom stereocenters. The summed E-state index contributed by atoms with van der Waals surface area (Å²) in [5.74, 6) is 1.32. The van der Waals surface area contributed by atoms with Crippen molar-refractivity contribution in [2.75, 3.05) is 18.0 Å². The predicted molar refractivity (Wildman–Crippen MR) is 102 cm³/mol. The van der Waals surface area contributed by atoms with Gasteiger partial charge in [-0.3, -0.25) is 9.67 Å². The number of aromatic nitrogens is 5. The van der Waals surface area contributed by atoms with E-state index in [9.17, 15) is 13.2 Å². The van der Waals surface area contributed by atoms with Gasteiger partial charge in [0.15, 0.2) is 11.5 Å². The fourth-order valence-electron chi connectivity index (χ4n) is 3.51. The average Bonchev–Trinajstić information content (AvgIpc) is 3.25. The molecule has 0 amide bonds. The molecule has 1 unspecified atom stereocenters. The second-order valence-corrected chi connectivity index (χ2v) is 7.03. The molecule has 1 aliphatic rings. The van der Waals surface area contributed by atoms with E-state index in [1.165, 1.54) is 10.9 Å². The molecule has 0 spiro atoms. The highest BCUT2D eigenvalue weighted by atomic mass is 19.4. The Morgan fingerprint density at radius 1 is 1.17 bits per heavy atom. The molecule has 1 aliphatic heterocycles. The van der Waals surface area contributed by atoms with Crippen molar-refractivity contribution in [1.29, 1.82) is 0 Å². The summed E-state index contributed by atoms with van der Waals surface area (Å²) < 4.78 is 40.1. The maximum atomic E-state index is 12.9. The summed E-state index contributed by atoms with van der Waals surface area (Å²) in [4.78, 5) is 15.7. The first-order valence-electron chi connectivity index (χ1n) is 9.60. The van der Waals surface area contributed by atoms with Crippen LogP contribution < -0.4 is 4.90 Å². The lowest BCUT2D eigenvalue weighted by atomic mass is 10.1. The minimum atomic E-state index is -4.43. The van der Waals surface area contributed by atoms with Crippen LogP contribution in [0, 0.1) is 0 Å². The van der Waals surface area contributed by atoms with Gasteiger partial charge in [-0.1, -0.05) is 13.0 Å². The van der Waals surface area contributed by atoms with Crippen LogP contribution in [0.1, 0.15) is 37.2 Å². The van der Waals surface area contributed by atoms with Crippen molar-refractivity contribution in [3.8, 4) is 11.5 Å². The van der Waals surface area contributed by atoms with Crippen molar-refractivity contribution in [2.45, 2.75) is 38.4 Å². The summed E-state index contributed by atoms with van der Waals surface area (Å²) in [6, 6.07) is 8.41. The zero-order chi connectivity index (χ0) is 20.4. The molecular weight excluding hydrogens is 381 g/mol. The van der Waals surface area contributed by atoms with Crippen molar-refractivity contribution >= 4 is 5.82 Å². The molecule has 152 valence electrons. The van der Waals surface area contributed by atoms with Gasteiger partial charge in [-0.2, -0.15) is 18.3 Å². The fraction of sp³-hybridized carbons (Fsp3) is 0.400. The number of anilines is 1. The highest BCUT2D eigenvalue weighted by Crippen LogP contribution is 2.30. The molecule has 9 heteroatoms. The monoisotopic (exact) mass is 402 g/mol. The second-order valence-electron chi connectivity index (χ2n) is 7.03. The van der Waals surface area contributed by atoms with Crippen molar-refractivity contribution in [3.63, 3.8) is 0 Å². The zero-order valence-electron chi connectivity index (χ0n) is 16.0. The van der Waals surface area contributed by atoms with E-state index in [0.717, 1.165) is 43.4 Å². The number of rotatable bonds is 4. The molecule has 4 rings (SSSR count). The maximum Gasteiger partial charge on any atom is 0.435 e. The Morgan fingerprint density at radius 3 is 2.72 bits per heavy atom. The van der Waals surface area contributed by atoms with Crippen molar-refractivity contribution in [1.82, 2.24) is 24.7 Å². The fourth-order valence-corrected chi connectivity index (χ4v) is 3.51. The van der Waals surface area contributed by atoms with Crippen molar-refractivity contribution in [3.05, 3.63) is 54.1 Å². The molecule has 0 aromatic carbocycles. The zero-order valence-corrected chi connectivity index (χ0v) is 16.0. The lowest BCUT2D eigenvalue weighted by Crippen LogP contribution is -2.37. The molecule has 1 fully saturated rings. The maximum absolute atomic E-state index is 12.9. The third kappa shape index (κ3) is 4.23. The van der Waals surface area contributed by atoms with Crippen LogP contribution in [-0.4, -0.2) is 37.8 Å². The topological polar surface area (TPSA) is 59.7 Å². The average molecular weight is 402 g/mol. The van der Waals surface area contributed by atoms with Gasteiger partial charge in [0, 0.05) is 37.2 Å². The van der Waals surface area contributed by atoms with Gasteiger partial charge in [0.2, 0.25) is 0 Å². The largest absolute Gasteiger partial charge is 0.435 e. The van der Waals surface area contributed by atoms with Crippen LogP contribution in [0.15, 0.2) is 42.7 Å². The Balaban J connectivity index is 1.60. The highest BCUT2D eigenvalue weighted by Gasteiger charge is 2.34. The Bertz CT molecular complexity index is 970. The molecule has 4 heterocycles. The van der Waals surface area contributed by atoms with E-state index in [0.29, 0.717) is 18.1 Å². The molecule has 6 nitrogen and oxygen atoms in total. The van der Waals surface area contributed by atoms with Crippen LogP contribution >= 0.6 is 0 Å². The molecule has 0 N–H and O–H groups in total. The van der Waals surface area contributed by atoms with Gasteiger partial charge in [0.05, 0.1) is 6.04 Å². The molecule has 0 aliphatic carbocycles. The molecule has 0 saturated carbocycles. The molecule has 3 aromatic heterocycles. The minimum Gasteiger partial charge on any atom is -0.354 e. The van der Waals surface area contributed by atoms with Crippen LogP contribution in [0.4, 0.5) is 19.0 Å². The van der Waals surface area contributed by atoms with Gasteiger partial charge in [-0.25, -0.2) is 9.97 Å².